The first-order valence-electron chi connectivity index (χ1n) is 5.51. The van der Waals surface area contributed by atoms with Crippen LogP contribution in [0.1, 0.15) is 12.1 Å². The molecule has 0 fully saturated rings. The number of benzene rings is 1. The van der Waals surface area contributed by atoms with E-state index in [4.69, 9.17) is 16.3 Å². The van der Waals surface area contributed by atoms with Gasteiger partial charge in [-0.2, -0.15) is 0 Å². The molecule has 0 aliphatic carbocycles. The molecule has 3 nitrogen and oxygen atoms in total. The second kappa shape index (κ2) is 5.23. The van der Waals surface area contributed by atoms with E-state index < -0.39 is 0 Å². The molecule has 1 aromatic carbocycles. The van der Waals surface area contributed by atoms with Crippen molar-refractivity contribution in [3.05, 3.63) is 40.3 Å². The highest BCUT2D eigenvalue weighted by Crippen LogP contribution is 2.23. The van der Waals surface area contributed by atoms with Crippen LogP contribution in [0.3, 0.4) is 0 Å². The van der Waals surface area contributed by atoms with Crippen LogP contribution in [-0.2, 0) is 6.42 Å². The molecule has 1 N–H and O–H groups in total. The smallest absolute Gasteiger partial charge is 0.256 e. The topological polar surface area (TPSA) is 42.1 Å². The van der Waals surface area contributed by atoms with Crippen LogP contribution < -0.4 is 10.3 Å². The van der Waals surface area contributed by atoms with Crippen molar-refractivity contribution in [2.75, 3.05) is 13.0 Å². The first-order chi connectivity index (χ1) is 8.26. The first kappa shape index (κ1) is 12.0. The first-order valence-corrected chi connectivity index (χ1v) is 6.04. The Morgan fingerprint density at radius 1 is 1.35 bits per heavy atom. The van der Waals surface area contributed by atoms with E-state index in [1.807, 2.05) is 18.2 Å². The van der Waals surface area contributed by atoms with E-state index in [9.17, 15) is 4.79 Å². The highest BCUT2D eigenvalue weighted by atomic mass is 35.5. The molecular weight excluding hydrogens is 238 g/mol. The quantitative estimate of drug-likeness (QED) is 0.849. The molecule has 90 valence electrons. The minimum Gasteiger partial charge on any atom is -0.496 e. The van der Waals surface area contributed by atoms with Gasteiger partial charge in [0.2, 0.25) is 0 Å². The van der Waals surface area contributed by atoms with Crippen LogP contribution in [0.5, 0.6) is 5.75 Å². The van der Waals surface area contributed by atoms with Crippen LogP contribution >= 0.6 is 11.6 Å². The summed E-state index contributed by atoms with van der Waals surface area (Å²) >= 11 is 5.65. The number of aryl methyl sites for hydroxylation is 1. The van der Waals surface area contributed by atoms with E-state index in [0.29, 0.717) is 11.3 Å². The normalized spacial score (nSPS) is 10.7. The maximum Gasteiger partial charge on any atom is 0.256 e. The molecular formula is C13H14ClNO2. The molecule has 0 radical (unpaired) electrons. The number of methoxy groups -OCH3 is 1. The van der Waals surface area contributed by atoms with Crippen molar-refractivity contribution in [1.82, 2.24) is 4.98 Å². The van der Waals surface area contributed by atoms with E-state index in [-0.39, 0.29) is 5.56 Å². The second-order valence-electron chi connectivity index (χ2n) is 3.84. The Morgan fingerprint density at radius 3 is 2.88 bits per heavy atom. The Labute approximate surface area is 104 Å². The highest BCUT2D eigenvalue weighted by molar-refractivity contribution is 6.17. The number of ether oxygens (including phenoxy) is 1. The van der Waals surface area contributed by atoms with E-state index in [1.165, 1.54) is 0 Å². The number of pyridine rings is 1. The lowest BCUT2D eigenvalue weighted by Gasteiger charge is -2.07. The summed E-state index contributed by atoms with van der Waals surface area (Å²) in [7, 11) is 1.61. The number of hydrogen-bond donors (Lipinski definition) is 1. The van der Waals surface area contributed by atoms with Gasteiger partial charge in [-0.1, -0.05) is 6.07 Å². The molecule has 2 aromatic rings. The minimum atomic E-state index is -0.0778. The zero-order valence-electron chi connectivity index (χ0n) is 9.63. The Balaban J connectivity index is 2.57. The average Bonchev–Trinajstić information content (AvgIpc) is 2.35. The van der Waals surface area contributed by atoms with Crippen molar-refractivity contribution in [2.24, 2.45) is 0 Å². The number of fused-ring (bicyclic) bond motifs is 1. The zero-order valence-corrected chi connectivity index (χ0v) is 10.4. The third-order valence-electron chi connectivity index (χ3n) is 2.70. The summed E-state index contributed by atoms with van der Waals surface area (Å²) in [6.45, 7) is 0. The number of nitrogens with one attached hydrogen (secondary N) is 1. The number of alkyl halides is 1. The van der Waals surface area contributed by atoms with Crippen LogP contribution in [0.2, 0.25) is 0 Å². The molecule has 0 saturated heterocycles. The maximum absolute atomic E-state index is 11.9. The third-order valence-corrected chi connectivity index (χ3v) is 2.97. The molecule has 17 heavy (non-hydrogen) atoms. The summed E-state index contributed by atoms with van der Waals surface area (Å²) in [6, 6.07) is 7.42. The fourth-order valence-electron chi connectivity index (χ4n) is 1.88. The van der Waals surface area contributed by atoms with Gasteiger partial charge >= 0.3 is 0 Å². The summed E-state index contributed by atoms with van der Waals surface area (Å²) < 4.78 is 5.26. The number of aromatic nitrogens is 1. The number of rotatable bonds is 4. The van der Waals surface area contributed by atoms with Gasteiger partial charge < -0.3 is 9.72 Å². The predicted molar refractivity (Wildman–Crippen MR) is 70.2 cm³/mol. The summed E-state index contributed by atoms with van der Waals surface area (Å²) in [5, 5.41) is 1.50. The summed E-state index contributed by atoms with van der Waals surface area (Å²) in [5.74, 6) is 1.31. The molecule has 0 aliphatic rings. The largest absolute Gasteiger partial charge is 0.496 e. The minimum absolute atomic E-state index is 0.0778. The Bertz CT molecular complexity index is 577. The lowest BCUT2D eigenvalue weighted by molar-refractivity contribution is 0.419. The summed E-state index contributed by atoms with van der Waals surface area (Å²) in [5.41, 5.74) is 0.818. The van der Waals surface area contributed by atoms with Gasteiger partial charge in [0.25, 0.3) is 5.56 Å². The van der Waals surface area contributed by atoms with Gasteiger partial charge in [0.05, 0.1) is 12.5 Å². The molecule has 0 atom stereocenters. The Hall–Kier alpha value is -1.48. The van der Waals surface area contributed by atoms with Crippen LogP contribution in [-0.4, -0.2) is 18.0 Å². The number of halogens is 1. The average molecular weight is 252 g/mol. The molecule has 4 heteroatoms. The van der Waals surface area contributed by atoms with Crippen molar-refractivity contribution in [3.63, 3.8) is 0 Å². The van der Waals surface area contributed by atoms with E-state index in [0.717, 1.165) is 29.7 Å². The van der Waals surface area contributed by atoms with Crippen molar-refractivity contribution in [2.45, 2.75) is 12.8 Å². The molecule has 0 bridgehead atoms. The Morgan fingerprint density at radius 2 is 2.18 bits per heavy atom. The third kappa shape index (κ3) is 2.44. The summed E-state index contributed by atoms with van der Waals surface area (Å²) in [4.78, 5) is 14.8. The van der Waals surface area contributed by atoms with Gasteiger partial charge in [-0.05, 0) is 31.0 Å². The maximum atomic E-state index is 11.9. The van der Waals surface area contributed by atoms with Crippen molar-refractivity contribution in [3.8, 4) is 5.75 Å². The fourth-order valence-corrected chi connectivity index (χ4v) is 2.02. The monoisotopic (exact) mass is 251 g/mol. The molecule has 0 amide bonds. The van der Waals surface area contributed by atoms with Gasteiger partial charge in [0.1, 0.15) is 5.75 Å². The molecule has 1 heterocycles. The SMILES string of the molecule is COc1cccc2c(=O)[nH]c(CCCCl)cc12. The standard InChI is InChI=1S/C13H14ClNO2/c1-17-12-6-2-5-10-11(12)8-9(4-3-7-14)15-13(10)16/h2,5-6,8H,3-4,7H2,1H3,(H,15,16). The molecule has 2 rings (SSSR count). The van der Waals surface area contributed by atoms with E-state index in [1.54, 1.807) is 13.2 Å². The van der Waals surface area contributed by atoms with Gasteiger partial charge in [0.15, 0.2) is 0 Å². The zero-order chi connectivity index (χ0) is 12.3. The predicted octanol–water partition coefficient (Wildman–Crippen LogP) is 2.71. The lowest BCUT2D eigenvalue weighted by atomic mass is 10.1. The van der Waals surface area contributed by atoms with E-state index >= 15 is 0 Å². The molecule has 0 aliphatic heterocycles. The number of hydrogen-bond acceptors (Lipinski definition) is 2. The van der Waals surface area contributed by atoms with Crippen LogP contribution in [0, 0.1) is 0 Å². The molecule has 0 spiro atoms. The highest BCUT2D eigenvalue weighted by Gasteiger charge is 2.06. The number of aromatic amines is 1. The van der Waals surface area contributed by atoms with Gasteiger partial charge in [-0.3, -0.25) is 4.79 Å². The van der Waals surface area contributed by atoms with Crippen LogP contribution in [0.25, 0.3) is 10.8 Å². The molecule has 0 saturated carbocycles. The lowest BCUT2D eigenvalue weighted by Crippen LogP contribution is -2.09. The second-order valence-corrected chi connectivity index (χ2v) is 4.22. The molecule has 0 unspecified atom stereocenters. The van der Waals surface area contributed by atoms with Gasteiger partial charge in [0, 0.05) is 17.0 Å². The van der Waals surface area contributed by atoms with E-state index in [2.05, 4.69) is 4.98 Å². The Kier molecular flexibility index (Phi) is 3.69. The van der Waals surface area contributed by atoms with Crippen LogP contribution in [0.15, 0.2) is 29.1 Å². The van der Waals surface area contributed by atoms with Crippen molar-refractivity contribution >= 4 is 22.4 Å². The number of H-pyrrole nitrogens is 1. The van der Waals surface area contributed by atoms with Crippen LogP contribution in [0.4, 0.5) is 0 Å². The fraction of sp³-hybridized carbons (Fsp3) is 0.308. The van der Waals surface area contributed by atoms with Crippen molar-refractivity contribution in [1.29, 1.82) is 0 Å². The molecule has 1 aromatic heterocycles. The van der Waals surface area contributed by atoms with Crippen molar-refractivity contribution < 1.29 is 4.74 Å². The summed E-state index contributed by atoms with van der Waals surface area (Å²) in [6.07, 6.45) is 1.62. The van der Waals surface area contributed by atoms with Gasteiger partial charge in [-0.15, -0.1) is 11.6 Å². The van der Waals surface area contributed by atoms with Gasteiger partial charge in [-0.25, -0.2) is 0 Å².